The molecule has 10 rings (SSSR count). The van der Waals surface area contributed by atoms with Gasteiger partial charge in [-0.15, -0.1) is 11.3 Å². The predicted octanol–water partition coefficient (Wildman–Crippen LogP) is 11.2. The van der Waals surface area contributed by atoms with Gasteiger partial charge < -0.3 is 0 Å². The molecule has 0 saturated carbocycles. The maximum Gasteiger partial charge on any atom is 0.131 e. The van der Waals surface area contributed by atoms with E-state index in [-0.39, 0.29) is 0 Å². The summed E-state index contributed by atoms with van der Waals surface area (Å²) in [6, 6.07) is 49.0. The summed E-state index contributed by atoms with van der Waals surface area (Å²) >= 11 is 3.77. The van der Waals surface area contributed by atoms with Crippen LogP contribution in [0.4, 0.5) is 0 Å². The fraction of sp³-hybridized carbons (Fsp3) is 0. The van der Waals surface area contributed by atoms with Gasteiger partial charge in [0, 0.05) is 51.8 Å². The van der Waals surface area contributed by atoms with E-state index in [4.69, 9.17) is 0 Å². The Morgan fingerprint density at radius 2 is 1.29 bits per heavy atom. The second-order valence-electron chi connectivity index (χ2n) is 10.9. The molecule has 4 heterocycles. The fourth-order valence-electron chi connectivity index (χ4n) is 6.96. The van der Waals surface area contributed by atoms with Gasteiger partial charge in [-0.05, 0) is 59.7 Å². The van der Waals surface area contributed by atoms with Crippen LogP contribution in [0.2, 0.25) is 0 Å². The Kier molecular flexibility index (Phi) is 4.57. The molecule has 9 aromatic rings. The van der Waals surface area contributed by atoms with Crippen LogP contribution in [-0.2, 0) is 0 Å². The molecule has 0 N–H and O–H groups in total. The van der Waals surface area contributed by atoms with Crippen molar-refractivity contribution in [1.29, 1.82) is 0 Å². The highest BCUT2D eigenvalue weighted by Crippen LogP contribution is 2.50. The summed E-state index contributed by atoms with van der Waals surface area (Å²) in [5, 5.41) is 6.58. The Balaban J connectivity index is 1.37. The van der Waals surface area contributed by atoms with Crippen molar-refractivity contribution in [1.82, 2.24) is 9.13 Å². The summed E-state index contributed by atoms with van der Waals surface area (Å²) in [5.74, 6) is 0. The van der Waals surface area contributed by atoms with E-state index >= 15 is 0 Å². The number of thiophene rings is 1. The van der Waals surface area contributed by atoms with Crippen molar-refractivity contribution < 1.29 is 0 Å². The van der Waals surface area contributed by atoms with Crippen LogP contribution >= 0.6 is 23.1 Å². The molecule has 0 bridgehead atoms. The Hall–Kier alpha value is -4.77. The SMILES string of the molecule is c1ccc(-n2c3ccc(-c4cccc5c4sc4ccccc45)cc3c3c4cccc5c4n(c32)-c2ccccc2S5)cc1. The molecule has 0 unspecified atom stereocenters. The molecule has 6 aromatic carbocycles. The zero-order chi connectivity index (χ0) is 27.4. The highest BCUT2D eigenvalue weighted by molar-refractivity contribution is 7.99. The quantitative estimate of drug-likeness (QED) is 0.201. The second kappa shape index (κ2) is 8.39. The Labute approximate surface area is 250 Å². The highest BCUT2D eigenvalue weighted by atomic mass is 32.2. The molecular weight excluding hydrogens is 549 g/mol. The van der Waals surface area contributed by atoms with Gasteiger partial charge in [0.15, 0.2) is 0 Å². The number of benzene rings is 6. The Morgan fingerprint density at radius 1 is 0.524 bits per heavy atom. The molecule has 42 heavy (non-hydrogen) atoms. The van der Waals surface area contributed by atoms with Crippen LogP contribution in [0.25, 0.3) is 75.5 Å². The smallest absolute Gasteiger partial charge is 0.131 e. The standard InChI is InChI=1S/C38H22N2S2/c1-2-10-24(11-3-1)39-30-21-20-23(25-13-8-14-27-26-12-4-6-17-32(26)42-37(25)27)22-29(30)35-28-15-9-19-34-36(28)40(38(35)39)31-16-5-7-18-33(31)41-34/h1-22H. The molecular formula is C38H22N2S2. The first-order valence-electron chi connectivity index (χ1n) is 14.2. The average molecular weight is 571 g/mol. The van der Waals surface area contributed by atoms with Crippen LogP contribution in [0.1, 0.15) is 0 Å². The van der Waals surface area contributed by atoms with E-state index < -0.39 is 0 Å². The van der Waals surface area contributed by atoms with Gasteiger partial charge in [-0.1, -0.05) is 96.7 Å². The summed E-state index contributed by atoms with van der Waals surface area (Å²) < 4.78 is 7.66. The van der Waals surface area contributed by atoms with Crippen molar-refractivity contribution in [3.63, 3.8) is 0 Å². The van der Waals surface area contributed by atoms with Gasteiger partial charge in [0.2, 0.25) is 0 Å². The van der Waals surface area contributed by atoms with Gasteiger partial charge in [-0.3, -0.25) is 9.13 Å². The van der Waals surface area contributed by atoms with Crippen LogP contribution in [0, 0.1) is 0 Å². The lowest BCUT2D eigenvalue weighted by Crippen LogP contribution is -2.05. The normalized spacial score (nSPS) is 12.7. The number of para-hydroxylation sites is 3. The zero-order valence-electron chi connectivity index (χ0n) is 22.4. The summed E-state index contributed by atoms with van der Waals surface area (Å²) in [5.41, 5.74) is 8.73. The van der Waals surface area contributed by atoms with Crippen molar-refractivity contribution in [2.24, 2.45) is 0 Å². The number of hydrogen-bond acceptors (Lipinski definition) is 2. The van der Waals surface area contributed by atoms with E-state index in [1.807, 2.05) is 23.1 Å². The van der Waals surface area contributed by atoms with Gasteiger partial charge in [0.1, 0.15) is 5.65 Å². The molecule has 196 valence electrons. The monoisotopic (exact) mass is 570 g/mol. The summed E-state index contributed by atoms with van der Waals surface area (Å²) in [6.07, 6.45) is 0. The largest absolute Gasteiger partial charge is 0.295 e. The number of nitrogens with zero attached hydrogens (tertiary/aromatic N) is 2. The summed E-state index contributed by atoms with van der Waals surface area (Å²) in [6.45, 7) is 0. The second-order valence-corrected chi connectivity index (χ2v) is 13.1. The van der Waals surface area contributed by atoms with E-state index in [9.17, 15) is 0 Å². The van der Waals surface area contributed by atoms with Gasteiger partial charge in [0.05, 0.1) is 16.7 Å². The molecule has 0 radical (unpaired) electrons. The van der Waals surface area contributed by atoms with E-state index in [0.29, 0.717) is 0 Å². The molecule has 0 spiro atoms. The van der Waals surface area contributed by atoms with Gasteiger partial charge in [-0.25, -0.2) is 0 Å². The Morgan fingerprint density at radius 3 is 2.24 bits per heavy atom. The van der Waals surface area contributed by atoms with Crippen molar-refractivity contribution in [2.75, 3.05) is 0 Å². The van der Waals surface area contributed by atoms with Crippen LogP contribution in [0.5, 0.6) is 0 Å². The molecule has 1 aliphatic heterocycles. The van der Waals surface area contributed by atoms with Gasteiger partial charge in [-0.2, -0.15) is 0 Å². The third-order valence-corrected chi connectivity index (χ3v) is 11.0. The third kappa shape index (κ3) is 2.95. The molecule has 0 saturated heterocycles. The van der Waals surface area contributed by atoms with Crippen LogP contribution in [-0.4, -0.2) is 9.13 Å². The first-order valence-corrected chi connectivity index (χ1v) is 15.8. The van der Waals surface area contributed by atoms with Gasteiger partial charge >= 0.3 is 0 Å². The molecule has 1 aliphatic rings. The van der Waals surface area contributed by atoms with Crippen LogP contribution in [0.15, 0.2) is 143 Å². The lowest BCUT2D eigenvalue weighted by Gasteiger charge is -2.21. The average Bonchev–Trinajstić information content (AvgIpc) is 3.70. The molecule has 0 aliphatic carbocycles. The van der Waals surface area contributed by atoms with Crippen LogP contribution in [0.3, 0.4) is 0 Å². The van der Waals surface area contributed by atoms with E-state index in [0.717, 1.165) is 0 Å². The molecule has 0 atom stereocenters. The van der Waals surface area contributed by atoms with Crippen LogP contribution < -0.4 is 0 Å². The third-order valence-electron chi connectivity index (χ3n) is 8.70. The minimum atomic E-state index is 1.17. The predicted molar refractivity (Wildman–Crippen MR) is 180 cm³/mol. The number of rotatable bonds is 2. The summed E-state index contributed by atoms with van der Waals surface area (Å²) in [7, 11) is 0. The lowest BCUT2D eigenvalue weighted by atomic mass is 10.0. The minimum absolute atomic E-state index is 1.17. The maximum absolute atomic E-state index is 2.51. The number of aromatic nitrogens is 2. The Bertz CT molecular complexity index is 2550. The number of fused-ring (bicyclic) bond motifs is 10. The molecule has 0 amide bonds. The van der Waals surface area contributed by atoms with Crippen molar-refractivity contribution in [2.45, 2.75) is 9.79 Å². The van der Waals surface area contributed by atoms with Crippen molar-refractivity contribution >= 4 is 76.1 Å². The molecule has 3 aromatic heterocycles. The zero-order valence-corrected chi connectivity index (χ0v) is 24.0. The van der Waals surface area contributed by atoms with Crippen molar-refractivity contribution in [3.05, 3.63) is 133 Å². The highest BCUT2D eigenvalue weighted by Gasteiger charge is 2.28. The molecule has 4 heteroatoms. The minimum Gasteiger partial charge on any atom is -0.295 e. The molecule has 0 fully saturated rings. The number of hydrogen-bond donors (Lipinski definition) is 0. The topological polar surface area (TPSA) is 9.86 Å². The fourth-order valence-corrected chi connectivity index (χ4v) is 9.29. The van der Waals surface area contributed by atoms with E-state index in [1.54, 1.807) is 0 Å². The van der Waals surface area contributed by atoms with E-state index in [1.165, 1.54) is 85.3 Å². The summed E-state index contributed by atoms with van der Waals surface area (Å²) in [4.78, 5) is 2.60. The maximum atomic E-state index is 2.51. The van der Waals surface area contributed by atoms with Gasteiger partial charge in [0.25, 0.3) is 0 Å². The van der Waals surface area contributed by atoms with E-state index in [2.05, 4.69) is 143 Å². The molecule has 2 nitrogen and oxygen atoms in total. The first-order chi connectivity index (χ1) is 20.8. The first kappa shape index (κ1) is 22.9. The van der Waals surface area contributed by atoms with Crippen molar-refractivity contribution in [3.8, 4) is 22.5 Å². The lowest BCUT2D eigenvalue weighted by molar-refractivity contribution is 1.03.